The van der Waals surface area contributed by atoms with E-state index in [0.29, 0.717) is 0 Å². The molecule has 0 bridgehead atoms. The van der Waals surface area contributed by atoms with Gasteiger partial charge in [0.05, 0.1) is 6.21 Å². The molecular weight excluding hydrogens is 136 g/mol. The maximum atomic E-state index is 5.02. The lowest BCUT2D eigenvalue weighted by Crippen LogP contribution is -2.18. The van der Waals surface area contributed by atoms with Gasteiger partial charge >= 0.3 is 0 Å². The Balaban J connectivity index is 4.49. The summed E-state index contributed by atoms with van der Waals surface area (Å²) in [4.78, 5) is 8.04. The van der Waals surface area contributed by atoms with E-state index < -0.39 is 0 Å². The van der Waals surface area contributed by atoms with Crippen LogP contribution in [0.1, 0.15) is 20.8 Å². The fraction of sp³-hybridized carbons (Fsp3) is 0.556. The van der Waals surface area contributed by atoms with Crippen LogP contribution in [-0.4, -0.2) is 19.1 Å². The first-order valence-electron chi connectivity index (χ1n) is 3.48. The Morgan fingerprint density at radius 3 is 2.27 bits per heavy atom. The van der Waals surface area contributed by atoms with Crippen molar-refractivity contribution in [2.75, 3.05) is 7.05 Å². The summed E-state index contributed by atoms with van der Waals surface area (Å²) in [6, 6.07) is 0. The zero-order chi connectivity index (χ0) is 8.91. The van der Waals surface area contributed by atoms with Crippen molar-refractivity contribution in [3.05, 3.63) is 0 Å². The number of hydrogen-bond acceptors (Lipinski definition) is 1. The molecule has 0 unspecified atom stereocenters. The van der Waals surface area contributed by atoms with Crippen LogP contribution in [0.5, 0.6) is 0 Å². The van der Waals surface area contributed by atoms with Crippen molar-refractivity contribution in [3.63, 3.8) is 0 Å². The highest BCUT2D eigenvalue weighted by Gasteiger charge is 2.16. The number of rotatable bonds is 0. The molecule has 0 aliphatic rings. The number of amidine groups is 1. The topological polar surface area (TPSA) is 24.7 Å². The van der Waals surface area contributed by atoms with E-state index >= 15 is 0 Å². The van der Waals surface area contributed by atoms with Crippen molar-refractivity contribution in [1.82, 2.24) is 0 Å². The molecule has 2 nitrogen and oxygen atoms in total. The Morgan fingerprint density at radius 2 is 2.00 bits per heavy atom. The predicted molar refractivity (Wildman–Crippen MR) is 50.1 cm³/mol. The van der Waals surface area contributed by atoms with Crippen molar-refractivity contribution in [3.8, 4) is 12.3 Å². The molecule has 0 fully saturated rings. The highest BCUT2D eigenvalue weighted by Crippen LogP contribution is 2.16. The van der Waals surface area contributed by atoms with Crippen molar-refractivity contribution in [2.24, 2.45) is 15.4 Å². The summed E-state index contributed by atoms with van der Waals surface area (Å²) in [7, 11) is 1.72. The van der Waals surface area contributed by atoms with Gasteiger partial charge in [-0.3, -0.25) is 4.99 Å². The number of terminal acetylenes is 1. The number of nitrogens with zero attached hydrogens (tertiary/aromatic N) is 2. The van der Waals surface area contributed by atoms with Gasteiger partial charge in [0.25, 0.3) is 0 Å². The van der Waals surface area contributed by atoms with E-state index in [1.165, 1.54) is 6.21 Å². The zero-order valence-electron chi connectivity index (χ0n) is 7.55. The Hall–Kier alpha value is -1.10. The minimum Gasteiger partial charge on any atom is -0.273 e. The molecule has 0 heterocycles. The molecule has 0 aromatic rings. The van der Waals surface area contributed by atoms with Crippen LogP contribution in [0.2, 0.25) is 0 Å². The first kappa shape index (κ1) is 9.90. The van der Waals surface area contributed by atoms with E-state index in [0.717, 1.165) is 5.84 Å². The fourth-order valence-electron chi connectivity index (χ4n) is 0.685. The Morgan fingerprint density at radius 1 is 1.45 bits per heavy atom. The normalized spacial score (nSPS) is 13.5. The second-order valence-electron chi connectivity index (χ2n) is 3.22. The van der Waals surface area contributed by atoms with Crippen LogP contribution in [0.4, 0.5) is 0 Å². The van der Waals surface area contributed by atoms with Crippen molar-refractivity contribution in [2.45, 2.75) is 20.8 Å². The highest BCUT2D eigenvalue weighted by molar-refractivity contribution is 5.96. The molecule has 2 heteroatoms. The van der Waals surface area contributed by atoms with Gasteiger partial charge in [-0.1, -0.05) is 26.7 Å². The summed E-state index contributed by atoms with van der Waals surface area (Å²) >= 11 is 0. The van der Waals surface area contributed by atoms with E-state index in [-0.39, 0.29) is 5.41 Å². The van der Waals surface area contributed by atoms with E-state index in [4.69, 9.17) is 6.42 Å². The van der Waals surface area contributed by atoms with Gasteiger partial charge in [-0.25, -0.2) is 4.99 Å². The summed E-state index contributed by atoms with van der Waals surface area (Å²) in [6.45, 7) is 6.13. The molecular formula is C9H14N2. The van der Waals surface area contributed by atoms with Gasteiger partial charge < -0.3 is 0 Å². The second kappa shape index (κ2) is 3.92. The van der Waals surface area contributed by atoms with Crippen LogP contribution >= 0.6 is 0 Å². The molecule has 0 atom stereocenters. The third-order valence-corrected chi connectivity index (χ3v) is 1.14. The van der Waals surface area contributed by atoms with Gasteiger partial charge in [-0.2, -0.15) is 0 Å². The summed E-state index contributed by atoms with van der Waals surface area (Å²) in [5.41, 5.74) is -0.0257. The van der Waals surface area contributed by atoms with E-state index in [9.17, 15) is 0 Å². The quantitative estimate of drug-likeness (QED) is 0.285. The van der Waals surface area contributed by atoms with E-state index in [1.54, 1.807) is 7.05 Å². The van der Waals surface area contributed by atoms with Gasteiger partial charge in [0.2, 0.25) is 0 Å². The molecule has 60 valence electrons. The first-order valence-corrected chi connectivity index (χ1v) is 3.48. The molecule has 0 aromatic heterocycles. The van der Waals surface area contributed by atoms with Crippen LogP contribution in [0.3, 0.4) is 0 Å². The molecule has 0 aliphatic carbocycles. The lowest BCUT2D eigenvalue weighted by molar-refractivity contribution is 0.584. The fourth-order valence-corrected chi connectivity index (χ4v) is 0.685. The predicted octanol–water partition coefficient (Wildman–Crippen LogP) is 1.76. The van der Waals surface area contributed by atoms with Crippen molar-refractivity contribution >= 4 is 12.1 Å². The maximum absolute atomic E-state index is 5.02. The lowest BCUT2D eigenvalue weighted by atomic mass is 9.95. The summed E-state index contributed by atoms with van der Waals surface area (Å²) in [5.74, 6) is 3.11. The van der Waals surface area contributed by atoms with Crippen LogP contribution in [0, 0.1) is 17.8 Å². The molecule has 0 rings (SSSR count). The Labute approximate surface area is 68.4 Å². The number of hydrogen-bond donors (Lipinski definition) is 0. The van der Waals surface area contributed by atoms with Gasteiger partial charge in [0.15, 0.2) is 0 Å². The lowest BCUT2D eigenvalue weighted by Gasteiger charge is -2.16. The van der Waals surface area contributed by atoms with Crippen LogP contribution in [0.25, 0.3) is 0 Å². The van der Waals surface area contributed by atoms with Crippen molar-refractivity contribution < 1.29 is 0 Å². The zero-order valence-corrected chi connectivity index (χ0v) is 7.55. The van der Waals surface area contributed by atoms with E-state index in [1.807, 2.05) is 20.8 Å². The summed E-state index contributed by atoms with van der Waals surface area (Å²) < 4.78 is 0. The second-order valence-corrected chi connectivity index (χ2v) is 3.22. The minimum absolute atomic E-state index is 0.0257. The van der Waals surface area contributed by atoms with Crippen LogP contribution in [0.15, 0.2) is 9.98 Å². The third-order valence-electron chi connectivity index (χ3n) is 1.14. The first-order chi connectivity index (χ1) is 5.02. The van der Waals surface area contributed by atoms with Gasteiger partial charge in [-0.05, 0) is 0 Å². The molecule has 0 amide bonds. The van der Waals surface area contributed by atoms with Crippen LogP contribution in [-0.2, 0) is 0 Å². The Bertz CT molecular complexity index is 211. The molecule has 0 saturated carbocycles. The summed E-state index contributed by atoms with van der Waals surface area (Å²) in [6.07, 6.45) is 6.44. The van der Waals surface area contributed by atoms with Crippen LogP contribution < -0.4 is 0 Å². The third kappa shape index (κ3) is 3.57. The monoisotopic (exact) mass is 150 g/mol. The van der Waals surface area contributed by atoms with Gasteiger partial charge in [0.1, 0.15) is 5.84 Å². The van der Waals surface area contributed by atoms with Crippen molar-refractivity contribution in [1.29, 1.82) is 0 Å². The maximum Gasteiger partial charge on any atom is 0.129 e. The largest absolute Gasteiger partial charge is 0.273 e. The minimum atomic E-state index is -0.0257. The SMILES string of the molecule is C#C/C=N\C(=N/C)C(C)(C)C. The average molecular weight is 150 g/mol. The standard InChI is InChI=1S/C9H14N2/c1-6-7-11-8(10-5)9(2,3)4/h1,7H,2-5H3/b10-8-,11-7-. The van der Waals surface area contributed by atoms with Gasteiger partial charge in [-0.15, -0.1) is 6.42 Å². The summed E-state index contributed by atoms with van der Waals surface area (Å²) in [5, 5.41) is 0. The average Bonchev–Trinajstić information content (AvgIpc) is 1.87. The van der Waals surface area contributed by atoms with Gasteiger partial charge in [0, 0.05) is 12.5 Å². The molecule has 0 aliphatic heterocycles. The molecule has 11 heavy (non-hydrogen) atoms. The molecule has 0 aromatic carbocycles. The molecule has 0 saturated heterocycles. The highest BCUT2D eigenvalue weighted by atomic mass is 14.9. The van der Waals surface area contributed by atoms with E-state index in [2.05, 4.69) is 15.9 Å². The Kier molecular flexibility index (Phi) is 3.53. The molecule has 0 radical (unpaired) electrons. The smallest absolute Gasteiger partial charge is 0.129 e. The molecule has 0 N–H and O–H groups in total. The number of aliphatic imine (C=N–C) groups is 2. The molecule has 0 spiro atoms.